The first kappa shape index (κ1) is 20.5. The molecule has 0 heterocycles. The van der Waals surface area contributed by atoms with Gasteiger partial charge >= 0.3 is 0 Å². The third-order valence-electron chi connectivity index (χ3n) is 8.13. The number of hydrogen-bond acceptors (Lipinski definition) is 3. The predicted octanol–water partition coefficient (Wildman–Crippen LogP) is 5.36. The van der Waals surface area contributed by atoms with Crippen LogP contribution in [0.3, 0.4) is 0 Å². The van der Waals surface area contributed by atoms with Crippen molar-refractivity contribution in [3.05, 3.63) is 58.1 Å². The quantitative estimate of drug-likeness (QED) is 0.609. The number of benzene rings is 2. The highest BCUT2D eigenvalue weighted by atomic mass is 79.9. The van der Waals surface area contributed by atoms with Crippen molar-refractivity contribution < 1.29 is 13.5 Å². The molecular weight excluding hydrogens is 462 g/mol. The molecule has 0 aromatic heterocycles. The number of rotatable bonds is 3. The standard InChI is InChI=1S/C24H28BrNO3S/c1-24-13-12-20-19-9-5-17(27)14-15(19)2-8-21(20)22(24)10-11-23(24)26-30(28,29)18-6-3-16(25)4-7-18/h3-7,9,14,20-23,26-27H,2,8,10-13H2,1H3/t20-,21-,22+,23+,24+/m1/s1. The maximum Gasteiger partial charge on any atom is 0.240 e. The van der Waals surface area contributed by atoms with Crippen LogP contribution in [-0.2, 0) is 16.4 Å². The van der Waals surface area contributed by atoms with Gasteiger partial charge in [-0.25, -0.2) is 13.1 Å². The van der Waals surface area contributed by atoms with Crippen LogP contribution in [0.5, 0.6) is 5.75 Å². The molecule has 4 nitrogen and oxygen atoms in total. The molecule has 0 spiro atoms. The van der Waals surface area contributed by atoms with Crippen molar-refractivity contribution in [3.8, 4) is 5.75 Å². The number of phenols is 1. The molecule has 0 saturated heterocycles. The van der Waals surface area contributed by atoms with E-state index in [0.29, 0.717) is 28.4 Å². The van der Waals surface area contributed by atoms with E-state index in [2.05, 4.69) is 33.6 Å². The number of hydrogen-bond donors (Lipinski definition) is 2. The highest BCUT2D eigenvalue weighted by Crippen LogP contribution is 2.61. The van der Waals surface area contributed by atoms with Gasteiger partial charge in [-0.15, -0.1) is 0 Å². The number of nitrogens with one attached hydrogen (secondary N) is 1. The zero-order valence-electron chi connectivity index (χ0n) is 17.1. The summed E-state index contributed by atoms with van der Waals surface area (Å²) in [5, 5.41) is 9.86. The van der Waals surface area contributed by atoms with Crippen molar-refractivity contribution in [1.82, 2.24) is 4.72 Å². The van der Waals surface area contributed by atoms with Gasteiger partial charge in [0, 0.05) is 10.5 Å². The first-order valence-electron chi connectivity index (χ1n) is 10.9. The summed E-state index contributed by atoms with van der Waals surface area (Å²) in [6.45, 7) is 2.31. The molecule has 5 atom stereocenters. The number of sulfonamides is 1. The van der Waals surface area contributed by atoms with E-state index in [9.17, 15) is 13.5 Å². The Labute approximate surface area is 187 Å². The van der Waals surface area contributed by atoms with Crippen molar-refractivity contribution in [1.29, 1.82) is 0 Å². The third kappa shape index (κ3) is 3.32. The Morgan fingerprint density at radius 3 is 2.60 bits per heavy atom. The van der Waals surface area contributed by atoms with Gasteiger partial charge in [0.25, 0.3) is 0 Å². The molecule has 0 radical (unpaired) electrons. The molecule has 2 aromatic carbocycles. The molecule has 2 N–H and O–H groups in total. The molecule has 3 aliphatic carbocycles. The lowest BCUT2D eigenvalue weighted by Gasteiger charge is -2.51. The minimum absolute atomic E-state index is 0.00196. The van der Waals surface area contributed by atoms with E-state index in [1.807, 2.05) is 12.1 Å². The Morgan fingerprint density at radius 2 is 1.83 bits per heavy atom. The highest BCUT2D eigenvalue weighted by molar-refractivity contribution is 9.10. The maximum atomic E-state index is 13.0. The van der Waals surface area contributed by atoms with Gasteiger partial charge in [0.15, 0.2) is 0 Å². The smallest absolute Gasteiger partial charge is 0.240 e. The van der Waals surface area contributed by atoms with Crippen LogP contribution in [0.25, 0.3) is 0 Å². The van der Waals surface area contributed by atoms with Gasteiger partial charge in [-0.05, 0) is 109 Å². The molecule has 6 heteroatoms. The van der Waals surface area contributed by atoms with Gasteiger partial charge in [0.05, 0.1) is 4.90 Å². The SMILES string of the molecule is C[C@]12CC[C@@H]3c4ccc(O)cc4CC[C@H]3[C@@H]1CC[C@@H]2NS(=O)(=O)c1ccc(Br)cc1. The molecule has 0 aliphatic heterocycles. The molecule has 30 heavy (non-hydrogen) atoms. The summed E-state index contributed by atoms with van der Waals surface area (Å²) in [5.74, 6) is 2.03. The highest BCUT2D eigenvalue weighted by Gasteiger charge is 2.55. The van der Waals surface area contributed by atoms with Crippen molar-refractivity contribution in [3.63, 3.8) is 0 Å². The van der Waals surface area contributed by atoms with Crippen LogP contribution in [0.1, 0.15) is 56.1 Å². The van der Waals surface area contributed by atoms with E-state index in [1.165, 1.54) is 11.1 Å². The number of aryl methyl sites for hydroxylation is 1. The van der Waals surface area contributed by atoms with E-state index >= 15 is 0 Å². The van der Waals surface area contributed by atoms with E-state index in [1.54, 1.807) is 24.3 Å². The molecule has 5 rings (SSSR count). The summed E-state index contributed by atoms with van der Waals surface area (Å²) in [6.07, 6.45) is 6.25. The Hall–Kier alpha value is -1.37. The number of halogens is 1. The van der Waals surface area contributed by atoms with E-state index in [0.717, 1.165) is 43.0 Å². The first-order chi connectivity index (χ1) is 14.3. The second-order valence-corrected chi connectivity index (χ2v) is 12.2. The number of aromatic hydroxyl groups is 1. The fraction of sp³-hybridized carbons (Fsp3) is 0.500. The van der Waals surface area contributed by atoms with Crippen LogP contribution in [0, 0.1) is 17.3 Å². The van der Waals surface area contributed by atoms with Crippen LogP contribution in [-0.4, -0.2) is 19.6 Å². The second kappa shape index (κ2) is 7.35. The molecular formula is C24H28BrNO3S. The average molecular weight is 490 g/mol. The summed E-state index contributed by atoms with van der Waals surface area (Å²) in [6, 6.07) is 12.7. The summed E-state index contributed by atoms with van der Waals surface area (Å²) in [4.78, 5) is 0.331. The van der Waals surface area contributed by atoms with E-state index in [4.69, 9.17) is 0 Å². The van der Waals surface area contributed by atoms with Crippen LogP contribution >= 0.6 is 15.9 Å². The lowest BCUT2D eigenvalue weighted by Crippen LogP contribution is -2.50. The fourth-order valence-corrected chi connectivity index (χ4v) is 8.29. The minimum atomic E-state index is -3.53. The van der Waals surface area contributed by atoms with E-state index < -0.39 is 10.0 Å². The molecule has 2 aromatic rings. The fourth-order valence-electron chi connectivity index (χ4n) is 6.63. The summed E-state index contributed by atoms with van der Waals surface area (Å²) in [7, 11) is -3.53. The molecule has 2 saturated carbocycles. The molecule has 0 bridgehead atoms. The van der Waals surface area contributed by atoms with Crippen molar-refractivity contribution in [2.45, 2.75) is 62.3 Å². The number of fused-ring (bicyclic) bond motifs is 5. The Bertz CT molecular complexity index is 1070. The molecule has 0 amide bonds. The van der Waals surface area contributed by atoms with Crippen LogP contribution in [0.4, 0.5) is 0 Å². The average Bonchev–Trinajstić information content (AvgIpc) is 3.03. The zero-order valence-corrected chi connectivity index (χ0v) is 19.5. The van der Waals surface area contributed by atoms with Crippen molar-refractivity contribution in [2.75, 3.05) is 0 Å². The molecule has 3 aliphatic rings. The van der Waals surface area contributed by atoms with Gasteiger partial charge in [-0.3, -0.25) is 0 Å². The molecule has 2 fully saturated rings. The van der Waals surface area contributed by atoms with Gasteiger partial charge in [-0.1, -0.05) is 28.9 Å². The lowest BCUT2D eigenvalue weighted by molar-refractivity contribution is 0.0462. The maximum absolute atomic E-state index is 13.0. The van der Waals surface area contributed by atoms with Gasteiger partial charge < -0.3 is 5.11 Å². The molecule has 0 unspecified atom stereocenters. The van der Waals surface area contributed by atoms with Crippen LogP contribution in [0.2, 0.25) is 0 Å². The lowest BCUT2D eigenvalue weighted by atomic mass is 9.55. The predicted molar refractivity (Wildman–Crippen MR) is 121 cm³/mol. The van der Waals surface area contributed by atoms with Crippen molar-refractivity contribution in [2.24, 2.45) is 17.3 Å². The Balaban J connectivity index is 1.39. The minimum Gasteiger partial charge on any atom is -0.508 e. The largest absolute Gasteiger partial charge is 0.508 e. The number of phenolic OH excluding ortho intramolecular Hbond substituents is 1. The van der Waals surface area contributed by atoms with Gasteiger partial charge in [0.2, 0.25) is 10.0 Å². The van der Waals surface area contributed by atoms with Crippen LogP contribution in [0.15, 0.2) is 51.8 Å². The monoisotopic (exact) mass is 489 g/mol. The summed E-state index contributed by atoms with van der Waals surface area (Å²) < 4.78 is 30.0. The van der Waals surface area contributed by atoms with Gasteiger partial charge in [-0.2, -0.15) is 0 Å². The zero-order chi connectivity index (χ0) is 21.1. The van der Waals surface area contributed by atoms with E-state index in [-0.39, 0.29) is 11.5 Å². The second-order valence-electron chi connectivity index (χ2n) is 9.55. The normalized spacial score (nSPS) is 32.9. The van der Waals surface area contributed by atoms with Crippen molar-refractivity contribution >= 4 is 26.0 Å². The third-order valence-corrected chi connectivity index (χ3v) is 10.1. The summed E-state index contributed by atoms with van der Waals surface area (Å²) >= 11 is 3.37. The Kier molecular flexibility index (Phi) is 5.03. The van der Waals surface area contributed by atoms with Gasteiger partial charge in [0.1, 0.15) is 5.75 Å². The summed E-state index contributed by atoms with van der Waals surface area (Å²) in [5.41, 5.74) is 2.70. The first-order valence-corrected chi connectivity index (χ1v) is 13.2. The molecule has 160 valence electrons. The Morgan fingerprint density at radius 1 is 1.07 bits per heavy atom. The topological polar surface area (TPSA) is 66.4 Å². The van der Waals surface area contributed by atoms with Crippen LogP contribution < -0.4 is 4.72 Å².